The van der Waals surface area contributed by atoms with Crippen molar-refractivity contribution in [3.8, 4) is 0 Å². The molecule has 0 saturated carbocycles. The maximum Gasteiger partial charge on any atom is 0.251 e. The number of aromatic nitrogens is 2. The summed E-state index contributed by atoms with van der Waals surface area (Å²) in [6.07, 6.45) is 0. The van der Waals surface area contributed by atoms with Crippen molar-refractivity contribution in [2.75, 3.05) is 0 Å². The summed E-state index contributed by atoms with van der Waals surface area (Å²) in [6.45, 7) is 3.28. The molecule has 4 nitrogen and oxygen atoms in total. The van der Waals surface area contributed by atoms with Crippen molar-refractivity contribution >= 4 is 32.7 Å². The molecule has 5 heteroatoms. The van der Waals surface area contributed by atoms with Crippen molar-refractivity contribution in [2.45, 2.75) is 20.0 Å². The maximum atomic E-state index is 12.2. The van der Waals surface area contributed by atoms with Crippen LogP contribution in [0, 0.1) is 0 Å². The number of nitrogens with zero attached hydrogens (tertiary/aromatic N) is 2. The van der Waals surface area contributed by atoms with E-state index in [0.717, 1.165) is 27.6 Å². The number of carbonyl (C=O) groups is 1. The Morgan fingerprint density at radius 3 is 2.64 bits per heavy atom. The van der Waals surface area contributed by atoms with Gasteiger partial charge in [-0.2, -0.15) is 5.10 Å². The molecule has 0 spiro atoms. The van der Waals surface area contributed by atoms with Crippen molar-refractivity contribution in [1.82, 2.24) is 15.1 Å². The summed E-state index contributed by atoms with van der Waals surface area (Å²) in [7, 11) is 0. The zero-order valence-electron chi connectivity index (χ0n) is 12.2. The van der Waals surface area contributed by atoms with E-state index in [0.29, 0.717) is 12.1 Å². The Bertz CT molecular complexity index is 808. The molecule has 0 aliphatic carbocycles. The maximum absolute atomic E-state index is 12.2. The highest BCUT2D eigenvalue weighted by molar-refractivity contribution is 9.10. The summed E-state index contributed by atoms with van der Waals surface area (Å²) in [5, 5.41) is 8.60. The molecule has 112 valence electrons. The average Bonchev–Trinajstić information content (AvgIpc) is 2.91. The summed E-state index contributed by atoms with van der Waals surface area (Å²) < 4.78 is 2.91. The van der Waals surface area contributed by atoms with Gasteiger partial charge in [0.1, 0.15) is 0 Å². The van der Waals surface area contributed by atoms with Gasteiger partial charge in [0.05, 0.1) is 17.8 Å². The molecule has 0 aliphatic heterocycles. The van der Waals surface area contributed by atoms with Gasteiger partial charge in [-0.15, -0.1) is 0 Å². The Morgan fingerprint density at radius 1 is 1.18 bits per heavy atom. The standard InChI is InChI=1S/C17H16BrN3O/c1-2-21-16-6-4-3-5-14(16)15(20-21)11-19-17(22)12-7-9-13(18)10-8-12/h3-10H,2,11H2,1H3,(H,19,22). The fourth-order valence-corrected chi connectivity index (χ4v) is 2.70. The van der Waals surface area contributed by atoms with Gasteiger partial charge >= 0.3 is 0 Å². The quantitative estimate of drug-likeness (QED) is 0.772. The van der Waals surface area contributed by atoms with Crippen molar-refractivity contribution in [3.05, 3.63) is 64.3 Å². The van der Waals surface area contributed by atoms with E-state index in [1.807, 2.05) is 41.1 Å². The Hall–Kier alpha value is -2.14. The van der Waals surface area contributed by atoms with Gasteiger partial charge in [0.15, 0.2) is 0 Å². The number of para-hydroxylation sites is 1. The first-order chi connectivity index (χ1) is 10.7. The highest BCUT2D eigenvalue weighted by Gasteiger charge is 2.11. The third-order valence-electron chi connectivity index (χ3n) is 3.56. The summed E-state index contributed by atoms with van der Waals surface area (Å²) in [5.41, 5.74) is 2.63. The van der Waals surface area contributed by atoms with Crippen LogP contribution in [-0.4, -0.2) is 15.7 Å². The molecule has 22 heavy (non-hydrogen) atoms. The molecular formula is C17H16BrN3O. The van der Waals surface area contributed by atoms with Crippen molar-refractivity contribution in [1.29, 1.82) is 0 Å². The minimum absolute atomic E-state index is 0.0948. The van der Waals surface area contributed by atoms with Crippen LogP contribution in [0.4, 0.5) is 0 Å². The number of hydrogen-bond donors (Lipinski definition) is 1. The van der Waals surface area contributed by atoms with Gasteiger partial charge in [-0.25, -0.2) is 0 Å². The number of fused-ring (bicyclic) bond motifs is 1. The number of halogens is 1. The van der Waals surface area contributed by atoms with Gasteiger partial charge in [0.25, 0.3) is 5.91 Å². The fraction of sp³-hybridized carbons (Fsp3) is 0.176. The second kappa shape index (κ2) is 6.32. The molecule has 3 aromatic rings. The molecule has 0 saturated heterocycles. The number of benzene rings is 2. The first-order valence-electron chi connectivity index (χ1n) is 7.17. The molecular weight excluding hydrogens is 342 g/mol. The average molecular weight is 358 g/mol. The van der Waals surface area contributed by atoms with Crippen LogP contribution in [0.3, 0.4) is 0 Å². The lowest BCUT2D eigenvalue weighted by Crippen LogP contribution is -2.23. The Balaban J connectivity index is 1.79. The molecule has 0 atom stereocenters. The van der Waals surface area contributed by atoms with Gasteiger partial charge in [0.2, 0.25) is 0 Å². The summed E-state index contributed by atoms with van der Waals surface area (Å²) in [6, 6.07) is 15.4. The van der Waals surface area contributed by atoms with Gasteiger partial charge in [-0.3, -0.25) is 9.48 Å². The molecule has 2 aromatic carbocycles. The van der Waals surface area contributed by atoms with E-state index in [9.17, 15) is 4.79 Å². The van der Waals surface area contributed by atoms with E-state index in [1.165, 1.54) is 0 Å². The number of amides is 1. The zero-order valence-corrected chi connectivity index (χ0v) is 13.8. The van der Waals surface area contributed by atoms with Gasteiger partial charge in [-0.05, 0) is 37.3 Å². The van der Waals surface area contributed by atoms with E-state index in [1.54, 1.807) is 12.1 Å². The highest BCUT2D eigenvalue weighted by atomic mass is 79.9. The van der Waals surface area contributed by atoms with E-state index < -0.39 is 0 Å². The zero-order chi connectivity index (χ0) is 15.5. The van der Waals surface area contributed by atoms with Crippen molar-refractivity contribution < 1.29 is 4.79 Å². The predicted octanol–water partition coefficient (Wildman–Crippen LogP) is 3.75. The first kappa shape index (κ1) is 14.8. The van der Waals surface area contributed by atoms with Crippen LogP contribution in [0.15, 0.2) is 53.0 Å². The lowest BCUT2D eigenvalue weighted by Gasteiger charge is -2.04. The van der Waals surface area contributed by atoms with Crippen LogP contribution in [-0.2, 0) is 13.1 Å². The molecule has 1 N–H and O–H groups in total. The molecule has 1 amide bonds. The second-order valence-electron chi connectivity index (χ2n) is 4.97. The smallest absolute Gasteiger partial charge is 0.251 e. The van der Waals surface area contributed by atoms with Crippen LogP contribution in [0.2, 0.25) is 0 Å². The van der Waals surface area contributed by atoms with E-state index >= 15 is 0 Å². The summed E-state index contributed by atoms with van der Waals surface area (Å²) in [5.74, 6) is -0.0948. The van der Waals surface area contributed by atoms with Crippen molar-refractivity contribution in [3.63, 3.8) is 0 Å². The normalized spacial score (nSPS) is 10.8. The topological polar surface area (TPSA) is 46.9 Å². The monoisotopic (exact) mass is 357 g/mol. The molecule has 1 heterocycles. The van der Waals surface area contributed by atoms with Gasteiger partial charge < -0.3 is 5.32 Å². The van der Waals surface area contributed by atoms with Gasteiger partial charge in [0, 0.05) is 22.0 Å². The molecule has 3 rings (SSSR count). The third kappa shape index (κ3) is 2.90. The minimum atomic E-state index is -0.0948. The Labute approximate surface area is 137 Å². The fourth-order valence-electron chi connectivity index (χ4n) is 2.44. The number of aryl methyl sites for hydroxylation is 1. The first-order valence-corrected chi connectivity index (χ1v) is 7.96. The second-order valence-corrected chi connectivity index (χ2v) is 5.88. The van der Waals surface area contributed by atoms with Crippen LogP contribution in [0.1, 0.15) is 23.0 Å². The van der Waals surface area contributed by atoms with Crippen LogP contribution in [0.5, 0.6) is 0 Å². The van der Waals surface area contributed by atoms with Gasteiger partial charge in [-0.1, -0.05) is 34.1 Å². The number of hydrogen-bond acceptors (Lipinski definition) is 2. The van der Waals surface area contributed by atoms with Crippen LogP contribution < -0.4 is 5.32 Å². The van der Waals surface area contributed by atoms with Crippen LogP contribution >= 0.6 is 15.9 Å². The third-order valence-corrected chi connectivity index (χ3v) is 4.09. The highest BCUT2D eigenvalue weighted by Crippen LogP contribution is 2.18. The minimum Gasteiger partial charge on any atom is -0.346 e. The molecule has 0 radical (unpaired) electrons. The van der Waals surface area contributed by atoms with Crippen molar-refractivity contribution in [2.24, 2.45) is 0 Å². The number of nitrogens with one attached hydrogen (secondary N) is 1. The number of rotatable bonds is 4. The van der Waals surface area contributed by atoms with E-state index in [4.69, 9.17) is 0 Å². The van der Waals surface area contributed by atoms with E-state index in [-0.39, 0.29) is 5.91 Å². The largest absolute Gasteiger partial charge is 0.346 e. The van der Waals surface area contributed by atoms with E-state index in [2.05, 4.69) is 33.3 Å². The molecule has 0 fully saturated rings. The number of carbonyl (C=O) groups excluding carboxylic acids is 1. The Morgan fingerprint density at radius 2 is 1.91 bits per heavy atom. The molecule has 1 aromatic heterocycles. The summed E-state index contributed by atoms with van der Waals surface area (Å²) in [4.78, 5) is 12.2. The van der Waals surface area contributed by atoms with Crippen LogP contribution in [0.25, 0.3) is 10.9 Å². The predicted molar refractivity (Wildman–Crippen MR) is 90.7 cm³/mol. The molecule has 0 bridgehead atoms. The lowest BCUT2D eigenvalue weighted by molar-refractivity contribution is 0.0950. The Kier molecular flexibility index (Phi) is 4.24. The molecule has 0 unspecified atom stereocenters. The summed E-state index contributed by atoms with van der Waals surface area (Å²) >= 11 is 3.36. The SMILES string of the molecule is CCn1nc(CNC(=O)c2ccc(Br)cc2)c2ccccc21. The molecule has 0 aliphatic rings. The lowest BCUT2D eigenvalue weighted by atomic mass is 10.2.